The van der Waals surface area contributed by atoms with Gasteiger partial charge in [-0.25, -0.2) is 0 Å². The van der Waals surface area contributed by atoms with E-state index >= 15 is 0 Å². The van der Waals surface area contributed by atoms with Gasteiger partial charge in [0.05, 0.1) is 21.3 Å². The van der Waals surface area contributed by atoms with Gasteiger partial charge >= 0.3 is 0 Å². The first-order valence-electron chi connectivity index (χ1n) is 8.64. The molecule has 1 aliphatic heterocycles. The minimum atomic E-state index is -0.134. The highest BCUT2D eigenvalue weighted by Crippen LogP contribution is 2.39. The molecule has 0 bridgehead atoms. The van der Waals surface area contributed by atoms with Crippen molar-refractivity contribution in [2.75, 3.05) is 18.6 Å². The second-order valence-corrected chi connectivity index (χ2v) is 9.15. The molecular formula is C22H18INO3S2. The highest BCUT2D eigenvalue weighted by molar-refractivity contribution is 14.1. The Kier molecular flexibility index (Phi) is 6.88. The van der Waals surface area contributed by atoms with Gasteiger partial charge in [-0.05, 0) is 83.5 Å². The van der Waals surface area contributed by atoms with Crippen molar-refractivity contribution in [2.45, 2.75) is 13.8 Å². The van der Waals surface area contributed by atoms with Crippen molar-refractivity contribution in [3.63, 3.8) is 0 Å². The summed E-state index contributed by atoms with van der Waals surface area (Å²) in [7, 11) is 1.57. The second kappa shape index (κ2) is 9.20. The third kappa shape index (κ3) is 4.60. The number of carbonyl (C=O) groups is 1. The lowest BCUT2D eigenvalue weighted by molar-refractivity contribution is -0.113. The number of terminal acetylenes is 1. The molecule has 1 amide bonds. The summed E-state index contributed by atoms with van der Waals surface area (Å²) in [6.07, 6.45) is 7.09. The SMILES string of the molecule is C#CCOc1c(I)cc(/C=C2/SC(=S)N(c3ccc(C)c(C)c3)C2=O)cc1OC. The Morgan fingerprint density at radius 3 is 2.69 bits per heavy atom. The van der Waals surface area contributed by atoms with Crippen molar-refractivity contribution in [1.82, 2.24) is 0 Å². The van der Waals surface area contributed by atoms with Gasteiger partial charge in [0.2, 0.25) is 0 Å². The Morgan fingerprint density at radius 1 is 1.28 bits per heavy atom. The van der Waals surface area contributed by atoms with Crippen molar-refractivity contribution in [2.24, 2.45) is 0 Å². The fourth-order valence-electron chi connectivity index (χ4n) is 2.78. The highest BCUT2D eigenvalue weighted by atomic mass is 127. The maximum Gasteiger partial charge on any atom is 0.270 e. The molecule has 1 heterocycles. The first kappa shape index (κ1) is 21.7. The smallest absolute Gasteiger partial charge is 0.270 e. The summed E-state index contributed by atoms with van der Waals surface area (Å²) >= 11 is 8.92. The van der Waals surface area contributed by atoms with E-state index in [1.165, 1.54) is 17.3 Å². The zero-order valence-corrected chi connectivity index (χ0v) is 19.9. The van der Waals surface area contributed by atoms with Gasteiger partial charge in [0.25, 0.3) is 5.91 Å². The number of aryl methyl sites for hydroxylation is 2. The minimum Gasteiger partial charge on any atom is -0.493 e. The molecule has 29 heavy (non-hydrogen) atoms. The molecule has 1 aliphatic rings. The van der Waals surface area contributed by atoms with Crippen LogP contribution in [0.5, 0.6) is 11.5 Å². The Hall–Kier alpha value is -2.02. The second-order valence-electron chi connectivity index (χ2n) is 6.31. The van der Waals surface area contributed by atoms with E-state index < -0.39 is 0 Å². The van der Waals surface area contributed by atoms with E-state index in [1.807, 2.05) is 50.3 Å². The van der Waals surface area contributed by atoms with Gasteiger partial charge in [0, 0.05) is 0 Å². The largest absolute Gasteiger partial charge is 0.493 e. The monoisotopic (exact) mass is 535 g/mol. The van der Waals surface area contributed by atoms with E-state index in [4.69, 9.17) is 28.1 Å². The molecule has 1 saturated heterocycles. The number of hydrogen-bond acceptors (Lipinski definition) is 5. The van der Waals surface area contributed by atoms with Crippen LogP contribution in [-0.4, -0.2) is 23.9 Å². The van der Waals surface area contributed by atoms with Crippen molar-refractivity contribution in [3.8, 4) is 23.8 Å². The van der Waals surface area contributed by atoms with E-state index in [9.17, 15) is 4.79 Å². The van der Waals surface area contributed by atoms with Gasteiger partial charge in [-0.3, -0.25) is 9.69 Å². The molecule has 1 fully saturated rings. The molecule has 0 aromatic heterocycles. The fraction of sp³-hybridized carbons (Fsp3) is 0.182. The maximum absolute atomic E-state index is 13.0. The number of benzene rings is 2. The van der Waals surface area contributed by atoms with Crippen LogP contribution in [0.2, 0.25) is 0 Å². The van der Waals surface area contributed by atoms with Crippen LogP contribution in [0.15, 0.2) is 35.2 Å². The van der Waals surface area contributed by atoms with Crippen molar-refractivity contribution in [1.29, 1.82) is 0 Å². The van der Waals surface area contributed by atoms with Crippen LogP contribution in [0.3, 0.4) is 0 Å². The molecule has 4 nitrogen and oxygen atoms in total. The maximum atomic E-state index is 13.0. The van der Waals surface area contributed by atoms with Crippen LogP contribution in [0, 0.1) is 29.8 Å². The Morgan fingerprint density at radius 2 is 2.03 bits per heavy atom. The van der Waals surface area contributed by atoms with Crippen molar-refractivity contribution < 1.29 is 14.3 Å². The van der Waals surface area contributed by atoms with E-state index in [-0.39, 0.29) is 12.5 Å². The van der Waals surface area contributed by atoms with Crippen molar-refractivity contribution >= 4 is 68.6 Å². The molecule has 2 aromatic rings. The van der Waals surface area contributed by atoms with Gasteiger partial charge in [0.15, 0.2) is 15.8 Å². The lowest BCUT2D eigenvalue weighted by atomic mass is 10.1. The average molecular weight is 535 g/mol. The minimum absolute atomic E-state index is 0.134. The number of ether oxygens (including phenoxy) is 2. The molecule has 3 rings (SSSR count). The number of amides is 1. The summed E-state index contributed by atoms with van der Waals surface area (Å²) in [4.78, 5) is 15.2. The van der Waals surface area contributed by atoms with Crippen LogP contribution in [0.25, 0.3) is 6.08 Å². The summed E-state index contributed by atoms with van der Waals surface area (Å²) in [6, 6.07) is 9.62. The Balaban J connectivity index is 1.94. The number of halogens is 1. The molecule has 0 saturated carbocycles. The standard InChI is InChI=1S/C22H18INO3S2/c1-5-8-27-20-17(23)10-15(11-18(20)26-4)12-19-21(25)24(22(28)29-19)16-7-6-13(2)14(3)9-16/h1,6-7,9-12H,8H2,2-4H3/b19-12+. The summed E-state index contributed by atoms with van der Waals surface area (Å²) < 4.78 is 12.4. The van der Waals surface area contributed by atoms with Gasteiger partial charge in [-0.2, -0.15) is 0 Å². The van der Waals surface area contributed by atoms with Crippen LogP contribution < -0.4 is 14.4 Å². The molecule has 7 heteroatoms. The Labute approximate surface area is 193 Å². The molecule has 148 valence electrons. The topological polar surface area (TPSA) is 38.8 Å². The first-order chi connectivity index (χ1) is 13.8. The van der Waals surface area contributed by atoms with Crippen LogP contribution in [-0.2, 0) is 4.79 Å². The molecule has 0 atom stereocenters. The van der Waals surface area contributed by atoms with Crippen LogP contribution >= 0.6 is 46.6 Å². The zero-order chi connectivity index (χ0) is 21.1. The molecule has 0 unspecified atom stereocenters. The third-order valence-corrected chi connectivity index (χ3v) is 6.50. The van der Waals surface area contributed by atoms with E-state index in [0.29, 0.717) is 20.7 Å². The number of hydrogen-bond donors (Lipinski definition) is 0. The number of methoxy groups -OCH3 is 1. The number of anilines is 1. The third-order valence-electron chi connectivity index (χ3n) is 4.39. The summed E-state index contributed by atoms with van der Waals surface area (Å²) in [5.74, 6) is 3.46. The Bertz CT molecular complexity index is 1070. The van der Waals surface area contributed by atoms with Crippen LogP contribution in [0.4, 0.5) is 5.69 Å². The van der Waals surface area contributed by atoms with Crippen LogP contribution in [0.1, 0.15) is 16.7 Å². The number of rotatable bonds is 5. The van der Waals surface area contributed by atoms with E-state index in [2.05, 4.69) is 28.5 Å². The summed E-state index contributed by atoms with van der Waals surface area (Å²) in [6.45, 7) is 4.21. The predicted octanol–water partition coefficient (Wildman–Crippen LogP) is 5.33. The van der Waals surface area contributed by atoms with Gasteiger partial charge in [0.1, 0.15) is 6.61 Å². The van der Waals surface area contributed by atoms with Crippen molar-refractivity contribution in [3.05, 3.63) is 55.5 Å². The average Bonchev–Trinajstić information content (AvgIpc) is 2.96. The lowest BCUT2D eigenvalue weighted by Crippen LogP contribution is -2.27. The molecule has 2 aromatic carbocycles. The first-order valence-corrected chi connectivity index (χ1v) is 10.9. The number of nitrogens with zero attached hydrogens (tertiary/aromatic N) is 1. The quantitative estimate of drug-likeness (QED) is 0.224. The molecule has 0 aliphatic carbocycles. The predicted molar refractivity (Wildman–Crippen MR) is 132 cm³/mol. The molecular weight excluding hydrogens is 517 g/mol. The number of thiocarbonyl (C=S) groups is 1. The summed E-state index contributed by atoms with van der Waals surface area (Å²) in [5.41, 5.74) is 3.88. The fourth-order valence-corrected chi connectivity index (χ4v) is 4.86. The number of thioether (sulfide) groups is 1. The normalized spacial score (nSPS) is 15.0. The lowest BCUT2D eigenvalue weighted by Gasteiger charge is -2.16. The molecule has 0 spiro atoms. The van der Waals surface area contributed by atoms with E-state index in [0.717, 1.165) is 20.4 Å². The molecule has 0 radical (unpaired) electrons. The number of carbonyl (C=O) groups excluding carboxylic acids is 1. The molecule has 0 N–H and O–H groups in total. The highest BCUT2D eigenvalue weighted by Gasteiger charge is 2.33. The van der Waals surface area contributed by atoms with Gasteiger partial charge in [-0.1, -0.05) is 36.0 Å². The zero-order valence-electron chi connectivity index (χ0n) is 16.1. The van der Waals surface area contributed by atoms with E-state index in [1.54, 1.807) is 12.0 Å². The van der Waals surface area contributed by atoms with Gasteiger partial charge < -0.3 is 9.47 Å². The van der Waals surface area contributed by atoms with Gasteiger partial charge in [-0.15, -0.1) is 6.42 Å². The summed E-state index contributed by atoms with van der Waals surface area (Å²) in [5, 5.41) is 0.